The average molecular weight is 418 g/mol. The zero-order chi connectivity index (χ0) is 21.0. The van der Waals surface area contributed by atoms with Crippen molar-refractivity contribution in [2.75, 3.05) is 26.2 Å². The van der Waals surface area contributed by atoms with Crippen LogP contribution in [-0.4, -0.2) is 57.6 Å². The summed E-state index contributed by atoms with van der Waals surface area (Å²) in [5, 5.41) is 4.84. The maximum Gasteiger partial charge on any atom is 0.258 e. The second-order valence-electron chi connectivity index (χ2n) is 7.37. The summed E-state index contributed by atoms with van der Waals surface area (Å²) in [5.41, 5.74) is 7.68. The van der Waals surface area contributed by atoms with Crippen LogP contribution in [0.25, 0.3) is 0 Å². The minimum Gasteiger partial charge on any atom is -0.368 e. The van der Waals surface area contributed by atoms with Gasteiger partial charge in [-0.3, -0.25) is 19.2 Å². The van der Waals surface area contributed by atoms with Crippen LogP contribution in [0.5, 0.6) is 0 Å². The first-order valence-electron chi connectivity index (χ1n) is 10.0. The van der Waals surface area contributed by atoms with E-state index < -0.39 is 6.04 Å². The summed E-state index contributed by atoms with van der Waals surface area (Å²) in [6.07, 6.45) is 1.99. The molecule has 156 valence electrons. The van der Waals surface area contributed by atoms with Crippen molar-refractivity contribution in [3.05, 3.63) is 52.3 Å². The molecule has 29 heavy (non-hydrogen) atoms. The number of piperazine rings is 1. The van der Waals surface area contributed by atoms with Crippen molar-refractivity contribution in [1.82, 2.24) is 19.6 Å². The van der Waals surface area contributed by atoms with Crippen LogP contribution in [0.2, 0.25) is 5.15 Å². The van der Waals surface area contributed by atoms with E-state index in [1.807, 2.05) is 42.2 Å². The highest BCUT2D eigenvalue weighted by atomic mass is 35.5. The van der Waals surface area contributed by atoms with E-state index in [1.165, 1.54) is 0 Å². The van der Waals surface area contributed by atoms with Gasteiger partial charge in [0.25, 0.3) is 5.91 Å². The molecule has 2 N–H and O–H groups in total. The molecule has 2 amide bonds. The third-order valence-corrected chi connectivity index (χ3v) is 5.74. The first kappa shape index (κ1) is 21.3. The number of nitrogens with zero attached hydrogens (tertiary/aromatic N) is 4. The normalized spacial score (nSPS) is 16.0. The molecular weight excluding hydrogens is 390 g/mol. The van der Waals surface area contributed by atoms with Gasteiger partial charge in [-0.05, 0) is 18.9 Å². The van der Waals surface area contributed by atoms with Gasteiger partial charge in [0.2, 0.25) is 5.91 Å². The number of rotatable bonds is 7. The number of benzene rings is 1. The van der Waals surface area contributed by atoms with Crippen LogP contribution in [0.1, 0.15) is 47.4 Å². The molecule has 0 radical (unpaired) electrons. The standard InChI is InChI=1S/C21H28ClN5O2/c1-3-4-10-27-19(22)17(15(2)24-27)21(29)26-13-11-25(12-14-26)18(20(23)28)16-8-6-5-7-9-16/h5-9,18H,3-4,10-14H2,1-2H3,(H2,23,28)/t18-/m0/s1. The number of carbonyl (C=O) groups excluding carboxylic acids is 2. The quantitative estimate of drug-likeness (QED) is 0.750. The van der Waals surface area contributed by atoms with E-state index in [4.69, 9.17) is 17.3 Å². The predicted octanol–water partition coefficient (Wildman–Crippen LogP) is 2.63. The van der Waals surface area contributed by atoms with Crippen LogP contribution >= 0.6 is 11.6 Å². The third-order valence-electron chi connectivity index (χ3n) is 5.35. The number of carbonyl (C=O) groups is 2. The van der Waals surface area contributed by atoms with Gasteiger partial charge in [-0.15, -0.1) is 0 Å². The number of aryl methyl sites for hydroxylation is 2. The SMILES string of the molecule is CCCCn1nc(C)c(C(=O)N2CCN([C@H](C(N)=O)c3ccccc3)CC2)c1Cl. The van der Waals surface area contributed by atoms with E-state index >= 15 is 0 Å². The van der Waals surface area contributed by atoms with Crippen LogP contribution in [0.15, 0.2) is 30.3 Å². The van der Waals surface area contributed by atoms with Gasteiger partial charge in [0, 0.05) is 32.7 Å². The number of unbranched alkanes of at least 4 members (excludes halogenated alkanes) is 1. The first-order chi connectivity index (χ1) is 13.9. The lowest BCUT2D eigenvalue weighted by molar-refractivity contribution is -0.124. The number of amides is 2. The highest BCUT2D eigenvalue weighted by molar-refractivity contribution is 6.33. The molecule has 8 heteroatoms. The Bertz CT molecular complexity index is 859. The zero-order valence-corrected chi connectivity index (χ0v) is 17.7. The number of hydrogen-bond acceptors (Lipinski definition) is 4. The van der Waals surface area contributed by atoms with Crippen LogP contribution in [0.4, 0.5) is 0 Å². The Kier molecular flexibility index (Phi) is 6.92. The smallest absolute Gasteiger partial charge is 0.258 e. The van der Waals surface area contributed by atoms with Crippen molar-refractivity contribution in [1.29, 1.82) is 0 Å². The van der Waals surface area contributed by atoms with Crippen molar-refractivity contribution < 1.29 is 9.59 Å². The number of nitrogens with two attached hydrogens (primary N) is 1. The highest BCUT2D eigenvalue weighted by Crippen LogP contribution is 2.25. The number of hydrogen-bond donors (Lipinski definition) is 1. The lowest BCUT2D eigenvalue weighted by atomic mass is 10.0. The molecule has 2 aromatic rings. The molecule has 1 aliphatic rings. The maximum absolute atomic E-state index is 13.1. The van der Waals surface area contributed by atoms with Gasteiger partial charge < -0.3 is 10.6 Å². The molecular formula is C21H28ClN5O2. The minimum atomic E-state index is -0.490. The molecule has 0 unspecified atom stereocenters. The van der Waals surface area contributed by atoms with Gasteiger partial charge >= 0.3 is 0 Å². The zero-order valence-electron chi connectivity index (χ0n) is 17.0. The van der Waals surface area contributed by atoms with Crippen LogP contribution < -0.4 is 5.73 Å². The number of primary amides is 1. The van der Waals surface area contributed by atoms with Gasteiger partial charge in [0.15, 0.2) is 0 Å². The number of halogens is 1. The predicted molar refractivity (Wildman–Crippen MR) is 113 cm³/mol. The molecule has 3 rings (SSSR count). The Morgan fingerprint density at radius 2 is 1.83 bits per heavy atom. The Labute approximate surface area is 176 Å². The Morgan fingerprint density at radius 3 is 2.41 bits per heavy atom. The summed E-state index contributed by atoms with van der Waals surface area (Å²) in [6.45, 7) is 6.76. The molecule has 1 saturated heterocycles. The molecule has 7 nitrogen and oxygen atoms in total. The molecule has 1 atom stereocenters. The molecule has 1 aromatic carbocycles. The van der Waals surface area contributed by atoms with E-state index in [9.17, 15) is 9.59 Å². The summed E-state index contributed by atoms with van der Waals surface area (Å²) >= 11 is 6.46. The van der Waals surface area contributed by atoms with Crippen molar-refractivity contribution in [2.45, 2.75) is 39.3 Å². The fourth-order valence-electron chi connectivity index (χ4n) is 3.78. The van der Waals surface area contributed by atoms with Gasteiger partial charge in [-0.2, -0.15) is 5.10 Å². The van der Waals surface area contributed by atoms with Crippen molar-refractivity contribution in [3.8, 4) is 0 Å². The molecule has 0 saturated carbocycles. The fraction of sp³-hybridized carbons (Fsp3) is 0.476. The van der Waals surface area contributed by atoms with E-state index in [1.54, 1.807) is 9.58 Å². The minimum absolute atomic E-state index is 0.106. The van der Waals surface area contributed by atoms with Crippen LogP contribution in [-0.2, 0) is 11.3 Å². The average Bonchev–Trinajstić information content (AvgIpc) is 3.00. The van der Waals surface area contributed by atoms with Gasteiger partial charge in [0.05, 0.1) is 11.3 Å². The molecule has 2 heterocycles. The summed E-state index contributed by atoms with van der Waals surface area (Å²) < 4.78 is 1.71. The summed E-state index contributed by atoms with van der Waals surface area (Å²) in [6, 6.07) is 9.01. The molecule has 0 bridgehead atoms. The molecule has 0 aliphatic carbocycles. The van der Waals surface area contributed by atoms with E-state index in [0.29, 0.717) is 49.1 Å². The second kappa shape index (κ2) is 9.41. The Hall–Kier alpha value is -2.38. The summed E-state index contributed by atoms with van der Waals surface area (Å²) in [4.78, 5) is 29.0. The van der Waals surface area contributed by atoms with Crippen LogP contribution in [0, 0.1) is 6.92 Å². The van der Waals surface area contributed by atoms with Gasteiger partial charge in [-0.1, -0.05) is 55.3 Å². The first-order valence-corrected chi connectivity index (χ1v) is 10.4. The van der Waals surface area contributed by atoms with Crippen molar-refractivity contribution >= 4 is 23.4 Å². The maximum atomic E-state index is 13.1. The molecule has 1 aromatic heterocycles. The third kappa shape index (κ3) is 4.62. The van der Waals surface area contributed by atoms with Crippen molar-refractivity contribution in [3.63, 3.8) is 0 Å². The second-order valence-corrected chi connectivity index (χ2v) is 7.73. The van der Waals surface area contributed by atoms with Crippen molar-refractivity contribution in [2.24, 2.45) is 5.73 Å². The monoisotopic (exact) mass is 417 g/mol. The highest BCUT2D eigenvalue weighted by Gasteiger charge is 2.32. The molecule has 0 spiro atoms. The molecule has 1 fully saturated rings. The van der Waals surface area contributed by atoms with E-state index in [-0.39, 0.29) is 11.8 Å². The molecule has 1 aliphatic heterocycles. The van der Waals surface area contributed by atoms with E-state index in [2.05, 4.69) is 12.0 Å². The summed E-state index contributed by atoms with van der Waals surface area (Å²) in [5.74, 6) is -0.489. The lowest BCUT2D eigenvalue weighted by Crippen LogP contribution is -2.52. The van der Waals surface area contributed by atoms with E-state index in [0.717, 1.165) is 18.4 Å². The van der Waals surface area contributed by atoms with Gasteiger partial charge in [0.1, 0.15) is 11.2 Å². The Balaban J connectivity index is 1.70. The Morgan fingerprint density at radius 1 is 1.17 bits per heavy atom. The lowest BCUT2D eigenvalue weighted by Gasteiger charge is -2.38. The largest absolute Gasteiger partial charge is 0.368 e. The topological polar surface area (TPSA) is 84.5 Å². The summed E-state index contributed by atoms with van der Waals surface area (Å²) in [7, 11) is 0. The van der Waals surface area contributed by atoms with Crippen LogP contribution in [0.3, 0.4) is 0 Å². The number of aromatic nitrogens is 2. The van der Waals surface area contributed by atoms with Gasteiger partial charge in [-0.25, -0.2) is 0 Å². The fourth-order valence-corrected chi connectivity index (χ4v) is 4.12.